The van der Waals surface area contributed by atoms with Crippen molar-refractivity contribution in [2.75, 3.05) is 47.9 Å². The van der Waals surface area contributed by atoms with Gasteiger partial charge in [0.1, 0.15) is 0 Å². The zero-order valence-corrected chi connectivity index (χ0v) is 18.4. The van der Waals surface area contributed by atoms with Crippen LogP contribution in [0.4, 0.5) is 36.4 Å². The first kappa shape index (κ1) is 22.6. The van der Waals surface area contributed by atoms with Crippen molar-refractivity contribution in [1.82, 2.24) is 15.0 Å². The van der Waals surface area contributed by atoms with Gasteiger partial charge in [0.2, 0.25) is 11.9 Å². The molecule has 0 aliphatic carbocycles. The van der Waals surface area contributed by atoms with E-state index in [1.54, 1.807) is 0 Å². The molecule has 1 aliphatic rings. The third kappa shape index (κ3) is 5.63. The Hall–Kier alpha value is -3.56. The summed E-state index contributed by atoms with van der Waals surface area (Å²) in [5, 5.41) is 2.86. The molecule has 0 amide bonds. The predicted molar refractivity (Wildman–Crippen MR) is 121 cm³/mol. The molecule has 0 unspecified atom stereocenters. The first-order valence-corrected chi connectivity index (χ1v) is 10.7. The quantitative estimate of drug-likeness (QED) is 0.576. The third-order valence-electron chi connectivity index (χ3n) is 5.28. The van der Waals surface area contributed by atoms with E-state index < -0.39 is 11.7 Å². The molecule has 2 aromatic carbocycles. The highest BCUT2D eigenvalue weighted by Gasteiger charge is 2.30. The Kier molecular flexibility index (Phi) is 6.52. The van der Waals surface area contributed by atoms with Gasteiger partial charge in [-0.3, -0.25) is 0 Å². The van der Waals surface area contributed by atoms with Crippen LogP contribution in [0.25, 0.3) is 0 Å². The zero-order valence-electron chi connectivity index (χ0n) is 18.4. The first-order valence-electron chi connectivity index (χ1n) is 10.7. The molecule has 33 heavy (non-hydrogen) atoms. The summed E-state index contributed by atoms with van der Waals surface area (Å²) in [4.78, 5) is 17.4. The van der Waals surface area contributed by atoms with Crippen molar-refractivity contribution in [3.8, 4) is 6.01 Å². The van der Waals surface area contributed by atoms with Crippen LogP contribution in [-0.4, -0.2) is 47.7 Å². The normalized spacial score (nSPS) is 14.3. The number of halogens is 3. The largest absolute Gasteiger partial charge is 0.464 e. The average molecular weight is 458 g/mol. The lowest BCUT2D eigenvalue weighted by Crippen LogP contribution is -2.47. The summed E-state index contributed by atoms with van der Waals surface area (Å²) in [5.41, 5.74) is 1.86. The number of anilines is 4. The topological polar surface area (TPSA) is 66.4 Å². The second-order valence-electron chi connectivity index (χ2n) is 7.69. The highest BCUT2D eigenvalue weighted by molar-refractivity contribution is 5.56. The Bertz CT molecular complexity index is 1080. The van der Waals surface area contributed by atoms with E-state index in [0.717, 1.165) is 30.9 Å². The van der Waals surface area contributed by atoms with E-state index in [9.17, 15) is 13.2 Å². The Morgan fingerprint density at radius 1 is 0.939 bits per heavy atom. The molecular formula is C23H25F3N6O. The molecule has 1 fully saturated rings. The van der Waals surface area contributed by atoms with E-state index in [2.05, 4.69) is 56.4 Å². The lowest BCUT2D eigenvalue weighted by Gasteiger charge is -2.36. The van der Waals surface area contributed by atoms with E-state index in [4.69, 9.17) is 4.74 Å². The standard InChI is InChI=1S/C23H25F3N6O/c1-3-33-22-29-20(27-18-6-4-5-17(15-18)23(24,25)26)28-21(30-22)32-13-11-31(12-14-32)19-9-7-16(2)8-10-19/h4-10,15H,3,11-14H2,1-2H3,(H,27,28,29,30). The van der Waals surface area contributed by atoms with E-state index in [-0.39, 0.29) is 17.6 Å². The van der Waals surface area contributed by atoms with Gasteiger partial charge in [0.25, 0.3) is 0 Å². The average Bonchev–Trinajstić information content (AvgIpc) is 2.79. The van der Waals surface area contributed by atoms with Crippen LogP contribution in [0.1, 0.15) is 18.1 Å². The molecule has 1 aliphatic heterocycles. The fourth-order valence-electron chi connectivity index (χ4n) is 3.56. The van der Waals surface area contributed by atoms with Gasteiger partial charge in [-0.05, 0) is 44.2 Å². The third-order valence-corrected chi connectivity index (χ3v) is 5.28. The van der Waals surface area contributed by atoms with Crippen molar-refractivity contribution in [3.05, 3.63) is 59.7 Å². The van der Waals surface area contributed by atoms with Gasteiger partial charge in [-0.25, -0.2) is 0 Å². The lowest BCUT2D eigenvalue weighted by molar-refractivity contribution is -0.137. The van der Waals surface area contributed by atoms with Crippen LogP contribution in [0.5, 0.6) is 6.01 Å². The molecule has 1 saturated heterocycles. The number of alkyl halides is 3. The minimum atomic E-state index is -4.43. The number of rotatable bonds is 6. The van der Waals surface area contributed by atoms with E-state index in [1.807, 2.05) is 11.8 Å². The summed E-state index contributed by atoms with van der Waals surface area (Å²) in [5.74, 6) is 0.551. The van der Waals surface area contributed by atoms with Crippen LogP contribution < -0.4 is 19.9 Å². The van der Waals surface area contributed by atoms with E-state index in [0.29, 0.717) is 25.6 Å². The van der Waals surface area contributed by atoms with Crippen molar-refractivity contribution < 1.29 is 17.9 Å². The summed E-state index contributed by atoms with van der Waals surface area (Å²) in [7, 11) is 0. The highest BCUT2D eigenvalue weighted by Crippen LogP contribution is 2.31. The molecular weight excluding hydrogens is 433 g/mol. The first-order chi connectivity index (χ1) is 15.8. The van der Waals surface area contributed by atoms with Crippen molar-refractivity contribution >= 4 is 23.3 Å². The Balaban J connectivity index is 1.51. The van der Waals surface area contributed by atoms with Gasteiger partial charge in [-0.15, -0.1) is 0 Å². The number of piperazine rings is 1. The zero-order chi connectivity index (χ0) is 23.4. The molecule has 174 valence electrons. The summed E-state index contributed by atoms with van der Waals surface area (Å²) in [6.45, 7) is 7.17. The van der Waals surface area contributed by atoms with E-state index >= 15 is 0 Å². The molecule has 0 spiro atoms. The maximum Gasteiger partial charge on any atom is 0.416 e. The number of nitrogens with one attached hydrogen (secondary N) is 1. The number of ether oxygens (including phenoxy) is 1. The Morgan fingerprint density at radius 2 is 1.64 bits per heavy atom. The van der Waals surface area contributed by atoms with Crippen molar-refractivity contribution in [2.24, 2.45) is 0 Å². The van der Waals surface area contributed by atoms with E-state index in [1.165, 1.54) is 17.7 Å². The number of hydrogen-bond acceptors (Lipinski definition) is 7. The molecule has 0 atom stereocenters. The van der Waals surface area contributed by atoms with Crippen molar-refractivity contribution in [2.45, 2.75) is 20.0 Å². The smallest absolute Gasteiger partial charge is 0.416 e. The van der Waals surface area contributed by atoms with Crippen LogP contribution in [-0.2, 0) is 6.18 Å². The van der Waals surface area contributed by atoms with Gasteiger partial charge in [0.05, 0.1) is 12.2 Å². The molecule has 0 saturated carbocycles. The molecule has 4 rings (SSSR count). The summed E-state index contributed by atoms with van der Waals surface area (Å²) < 4.78 is 44.6. The van der Waals surface area contributed by atoms with Crippen LogP contribution in [0.15, 0.2) is 48.5 Å². The van der Waals surface area contributed by atoms with Crippen LogP contribution >= 0.6 is 0 Å². The number of hydrogen-bond donors (Lipinski definition) is 1. The fraction of sp³-hybridized carbons (Fsp3) is 0.348. The number of aryl methyl sites for hydroxylation is 1. The van der Waals surface area contributed by atoms with Crippen LogP contribution in [0.3, 0.4) is 0 Å². The monoisotopic (exact) mass is 458 g/mol. The summed E-state index contributed by atoms with van der Waals surface area (Å²) >= 11 is 0. The SMILES string of the molecule is CCOc1nc(Nc2cccc(C(F)(F)F)c2)nc(N2CCN(c3ccc(C)cc3)CC2)n1. The maximum atomic E-state index is 13.1. The fourth-order valence-corrected chi connectivity index (χ4v) is 3.56. The number of aromatic nitrogens is 3. The molecule has 1 aromatic heterocycles. The van der Waals surface area contributed by atoms with Crippen LogP contribution in [0, 0.1) is 6.92 Å². The molecule has 3 aromatic rings. The van der Waals surface area contributed by atoms with Crippen LogP contribution in [0.2, 0.25) is 0 Å². The summed E-state index contributed by atoms with van der Waals surface area (Å²) in [6.07, 6.45) is -4.43. The molecule has 0 radical (unpaired) electrons. The Labute approximate surface area is 190 Å². The highest BCUT2D eigenvalue weighted by atomic mass is 19.4. The van der Waals surface area contributed by atoms with Gasteiger partial charge >= 0.3 is 12.2 Å². The van der Waals surface area contributed by atoms with Crippen molar-refractivity contribution in [1.29, 1.82) is 0 Å². The minimum absolute atomic E-state index is 0.123. The molecule has 2 heterocycles. The van der Waals surface area contributed by atoms with Gasteiger partial charge in [-0.1, -0.05) is 23.8 Å². The second-order valence-corrected chi connectivity index (χ2v) is 7.69. The number of benzene rings is 2. The summed E-state index contributed by atoms with van der Waals surface area (Å²) in [6, 6.07) is 13.4. The molecule has 0 bridgehead atoms. The molecule has 1 N–H and O–H groups in total. The molecule has 10 heteroatoms. The molecule has 7 nitrogen and oxygen atoms in total. The predicted octanol–water partition coefficient (Wildman–Crippen LogP) is 4.67. The lowest BCUT2D eigenvalue weighted by atomic mass is 10.2. The maximum absolute atomic E-state index is 13.1. The Morgan fingerprint density at radius 3 is 2.30 bits per heavy atom. The minimum Gasteiger partial charge on any atom is -0.464 e. The van der Waals surface area contributed by atoms with Crippen molar-refractivity contribution in [3.63, 3.8) is 0 Å². The van der Waals surface area contributed by atoms with Gasteiger partial charge < -0.3 is 19.9 Å². The number of nitrogens with zero attached hydrogens (tertiary/aromatic N) is 5. The second kappa shape index (κ2) is 9.51. The van der Waals surface area contributed by atoms with Gasteiger partial charge in [-0.2, -0.15) is 28.1 Å². The van der Waals surface area contributed by atoms with Gasteiger partial charge in [0, 0.05) is 37.6 Å². The van der Waals surface area contributed by atoms with Gasteiger partial charge in [0.15, 0.2) is 0 Å².